The fourth-order valence-corrected chi connectivity index (χ4v) is 3.63. The lowest BCUT2D eigenvalue weighted by Crippen LogP contribution is -2.15. The molecule has 2 nitrogen and oxygen atoms in total. The monoisotopic (exact) mass is 302 g/mol. The maximum absolute atomic E-state index is 13.8. The number of thiazole rings is 1. The average molecular weight is 302 g/mol. The first-order valence-corrected chi connectivity index (χ1v) is 8.52. The van der Waals surface area contributed by atoms with Crippen LogP contribution in [0.25, 0.3) is 10.6 Å². The standard InChI is InChI=1S/C17H19FN2S/c1-10-2-3-12(8-14(10)18)17-20-16(11-4-5-11)15(21-17)9-19-13-6-7-13/h2-3,8,11,13,19H,4-7,9H2,1H3. The van der Waals surface area contributed by atoms with E-state index in [4.69, 9.17) is 4.98 Å². The van der Waals surface area contributed by atoms with Crippen molar-refractivity contribution in [1.29, 1.82) is 0 Å². The molecule has 1 aromatic carbocycles. The van der Waals surface area contributed by atoms with E-state index < -0.39 is 0 Å². The van der Waals surface area contributed by atoms with Gasteiger partial charge in [0, 0.05) is 28.9 Å². The normalized spacial score (nSPS) is 18.2. The fourth-order valence-electron chi connectivity index (χ4n) is 2.54. The Balaban J connectivity index is 1.64. The number of nitrogens with zero attached hydrogens (tertiary/aromatic N) is 1. The topological polar surface area (TPSA) is 24.9 Å². The molecule has 0 spiro atoms. The molecule has 0 atom stereocenters. The van der Waals surface area contributed by atoms with Gasteiger partial charge in [-0.15, -0.1) is 11.3 Å². The highest BCUT2D eigenvalue weighted by molar-refractivity contribution is 7.15. The Morgan fingerprint density at radius 3 is 2.76 bits per heavy atom. The minimum atomic E-state index is -0.145. The molecule has 4 rings (SSSR count). The summed E-state index contributed by atoms with van der Waals surface area (Å²) in [5.41, 5.74) is 2.85. The van der Waals surface area contributed by atoms with Crippen LogP contribution in [0.5, 0.6) is 0 Å². The van der Waals surface area contributed by atoms with Crippen molar-refractivity contribution in [1.82, 2.24) is 10.3 Å². The number of hydrogen-bond acceptors (Lipinski definition) is 3. The van der Waals surface area contributed by atoms with Gasteiger partial charge in [-0.25, -0.2) is 9.37 Å². The van der Waals surface area contributed by atoms with Crippen LogP contribution in [0.2, 0.25) is 0 Å². The molecule has 21 heavy (non-hydrogen) atoms. The summed E-state index contributed by atoms with van der Waals surface area (Å²) >= 11 is 1.72. The van der Waals surface area contributed by atoms with Crippen LogP contribution in [0, 0.1) is 12.7 Å². The Morgan fingerprint density at radius 1 is 1.29 bits per heavy atom. The van der Waals surface area contributed by atoms with Gasteiger partial charge in [0.1, 0.15) is 10.8 Å². The number of aromatic nitrogens is 1. The van der Waals surface area contributed by atoms with E-state index in [-0.39, 0.29) is 5.82 Å². The van der Waals surface area contributed by atoms with Gasteiger partial charge in [-0.05, 0) is 44.2 Å². The molecule has 1 aromatic heterocycles. The summed E-state index contributed by atoms with van der Waals surface area (Å²) in [5.74, 6) is 0.495. The Bertz CT molecular complexity index is 671. The van der Waals surface area contributed by atoms with E-state index in [9.17, 15) is 4.39 Å². The van der Waals surface area contributed by atoms with Crippen LogP contribution >= 0.6 is 11.3 Å². The molecule has 1 N–H and O–H groups in total. The van der Waals surface area contributed by atoms with E-state index in [1.54, 1.807) is 24.3 Å². The zero-order valence-corrected chi connectivity index (χ0v) is 13.0. The Labute approximate surface area is 128 Å². The molecule has 0 unspecified atom stereocenters. The van der Waals surface area contributed by atoms with Crippen molar-refractivity contribution in [3.05, 3.63) is 40.2 Å². The molecule has 2 fully saturated rings. The largest absolute Gasteiger partial charge is 0.309 e. The molecule has 0 bridgehead atoms. The number of halogens is 1. The van der Waals surface area contributed by atoms with Gasteiger partial charge in [0.2, 0.25) is 0 Å². The van der Waals surface area contributed by atoms with E-state index in [0.717, 1.165) is 17.1 Å². The maximum Gasteiger partial charge on any atom is 0.126 e. The van der Waals surface area contributed by atoms with Crippen molar-refractivity contribution in [2.45, 2.75) is 51.1 Å². The lowest BCUT2D eigenvalue weighted by atomic mass is 10.1. The third-order valence-electron chi connectivity index (χ3n) is 4.24. The summed E-state index contributed by atoms with van der Waals surface area (Å²) in [6.07, 6.45) is 5.10. The van der Waals surface area contributed by atoms with E-state index in [2.05, 4.69) is 5.32 Å². The van der Waals surface area contributed by atoms with E-state index >= 15 is 0 Å². The second kappa shape index (κ2) is 5.18. The maximum atomic E-state index is 13.8. The van der Waals surface area contributed by atoms with E-state index in [1.165, 1.54) is 36.3 Å². The third kappa shape index (κ3) is 2.87. The van der Waals surface area contributed by atoms with Crippen LogP contribution in [-0.4, -0.2) is 11.0 Å². The highest BCUT2D eigenvalue weighted by atomic mass is 32.1. The van der Waals surface area contributed by atoms with Gasteiger partial charge in [-0.2, -0.15) is 0 Å². The predicted molar refractivity (Wildman–Crippen MR) is 84.1 cm³/mol. The molecule has 2 aromatic rings. The SMILES string of the molecule is Cc1ccc(-c2nc(C3CC3)c(CNC3CC3)s2)cc1F. The zero-order valence-electron chi connectivity index (χ0n) is 12.2. The number of rotatable bonds is 5. The number of benzene rings is 1. The average Bonchev–Trinajstić information content (AvgIpc) is 3.39. The first-order valence-electron chi connectivity index (χ1n) is 7.70. The summed E-state index contributed by atoms with van der Waals surface area (Å²) in [6, 6.07) is 6.14. The zero-order chi connectivity index (χ0) is 14.4. The van der Waals surface area contributed by atoms with Crippen LogP contribution in [-0.2, 0) is 6.54 Å². The second-order valence-corrected chi connectivity index (χ2v) is 7.30. The van der Waals surface area contributed by atoms with Gasteiger partial charge in [0.25, 0.3) is 0 Å². The Kier molecular flexibility index (Phi) is 3.31. The highest BCUT2D eigenvalue weighted by Crippen LogP contribution is 2.44. The molecule has 0 amide bonds. The molecule has 1 heterocycles. The van der Waals surface area contributed by atoms with Crippen molar-refractivity contribution < 1.29 is 4.39 Å². The quantitative estimate of drug-likeness (QED) is 0.886. The van der Waals surface area contributed by atoms with Crippen LogP contribution < -0.4 is 5.32 Å². The first kappa shape index (κ1) is 13.4. The highest BCUT2D eigenvalue weighted by Gasteiger charge is 2.30. The minimum Gasteiger partial charge on any atom is -0.309 e. The van der Waals surface area contributed by atoms with Crippen molar-refractivity contribution in [2.24, 2.45) is 0 Å². The lowest BCUT2D eigenvalue weighted by Gasteiger charge is -2.01. The van der Waals surface area contributed by atoms with Gasteiger partial charge in [0.15, 0.2) is 0 Å². The Hall–Kier alpha value is -1.26. The lowest BCUT2D eigenvalue weighted by molar-refractivity contribution is 0.619. The van der Waals surface area contributed by atoms with Crippen molar-refractivity contribution >= 4 is 11.3 Å². The smallest absolute Gasteiger partial charge is 0.126 e. The molecule has 110 valence electrons. The molecule has 2 aliphatic carbocycles. The van der Waals surface area contributed by atoms with Gasteiger partial charge >= 0.3 is 0 Å². The van der Waals surface area contributed by atoms with Crippen LogP contribution in [0.15, 0.2) is 18.2 Å². The van der Waals surface area contributed by atoms with Crippen LogP contribution in [0.4, 0.5) is 4.39 Å². The minimum absolute atomic E-state index is 0.145. The number of hydrogen-bond donors (Lipinski definition) is 1. The van der Waals surface area contributed by atoms with Gasteiger partial charge in [0.05, 0.1) is 5.69 Å². The third-order valence-corrected chi connectivity index (χ3v) is 5.36. The molecule has 0 saturated heterocycles. The molecule has 2 aliphatic rings. The van der Waals surface area contributed by atoms with Crippen molar-refractivity contribution in [2.75, 3.05) is 0 Å². The van der Waals surface area contributed by atoms with Crippen molar-refractivity contribution in [3.63, 3.8) is 0 Å². The molecular weight excluding hydrogens is 283 g/mol. The summed E-state index contributed by atoms with van der Waals surface area (Å²) < 4.78 is 13.8. The first-order chi connectivity index (χ1) is 10.2. The summed E-state index contributed by atoms with van der Waals surface area (Å²) in [6.45, 7) is 2.71. The summed E-state index contributed by atoms with van der Waals surface area (Å²) in [4.78, 5) is 6.17. The van der Waals surface area contributed by atoms with Crippen LogP contribution in [0.3, 0.4) is 0 Å². The number of aryl methyl sites for hydroxylation is 1. The second-order valence-electron chi connectivity index (χ2n) is 6.22. The van der Waals surface area contributed by atoms with Crippen molar-refractivity contribution in [3.8, 4) is 10.6 Å². The molecular formula is C17H19FN2S. The molecule has 2 saturated carbocycles. The predicted octanol–water partition coefficient (Wildman–Crippen LogP) is 4.39. The number of nitrogens with one attached hydrogen (secondary N) is 1. The summed E-state index contributed by atoms with van der Waals surface area (Å²) in [7, 11) is 0. The van der Waals surface area contributed by atoms with E-state index in [0.29, 0.717) is 17.5 Å². The molecule has 0 radical (unpaired) electrons. The molecule has 0 aliphatic heterocycles. The Morgan fingerprint density at radius 2 is 2.10 bits per heavy atom. The van der Waals surface area contributed by atoms with Gasteiger partial charge in [-0.3, -0.25) is 0 Å². The summed E-state index contributed by atoms with van der Waals surface area (Å²) in [5, 5.41) is 4.54. The van der Waals surface area contributed by atoms with Crippen LogP contribution in [0.1, 0.15) is 47.7 Å². The molecule has 4 heteroatoms. The van der Waals surface area contributed by atoms with Gasteiger partial charge in [-0.1, -0.05) is 12.1 Å². The van der Waals surface area contributed by atoms with Gasteiger partial charge < -0.3 is 5.32 Å². The van der Waals surface area contributed by atoms with E-state index in [1.807, 2.05) is 12.1 Å². The fraction of sp³-hybridized carbons (Fsp3) is 0.471.